The Morgan fingerprint density at radius 1 is 0.840 bits per heavy atom. The minimum absolute atomic E-state index is 0.0583. The Labute approximate surface area is 144 Å². The molecule has 0 heterocycles. The van der Waals surface area contributed by atoms with E-state index in [4.69, 9.17) is 4.74 Å². The predicted molar refractivity (Wildman–Crippen MR) is 93.1 cm³/mol. The lowest BCUT2D eigenvalue weighted by atomic mass is 10.1. The molecule has 0 aliphatic heterocycles. The zero-order valence-electron chi connectivity index (χ0n) is 13.6. The van der Waals surface area contributed by atoms with Gasteiger partial charge in [0.25, 0.3) is 0 Å². The molecule has 0 atom stereocenters. The van der Waals surface area contributed by atoms with Gasteiger partial charge in [-0.15, -0.1) is 6.58 Å². The molecule has 0 aliphatic carbocycles. The van der Waals surface area contributed by atoms with Crippen molar-refractivity contribution >= 4 is 10.8 Å². The van der Waals surface area contributed by atoms with Crippen LogP contribution in [0.5, 0.6) is 5.75 Å². The van der Waals surface area contributed by atoms with Crippen molar-refractivity contribution in [1.29, 1.82) is 0 Å². The average Bonchev–Trinajstić information content (AvgIpc) is 2.60. The number of benzene rings is 3. The summed E-state index contributed by atoms with van der Waals surface area (Å²) in [6, 6.07) is 12.2. The lowest BCUT2D eigenvalue weighted by Gasteiger charge is -2.09. The molecule has 0 bridgehead atoms. The average molecular weight is 342 g/mol. The van der Waals surface area contributed by atoms with Gasteiger partial charge >= 0.3 is 0 Å². The van der Waals surface area contributed by atoms with Crippen LogP contribution in [0.2, 0.25) is 0 Å². The van der Waals surface area contributed by atoms with Crippen LogP contribution in [0.25, 0.3) is 10.8 Å². The monoisotopic (exact) mass is 342 g/mol. The third-order valence-corrected chi connectivity index (χ3v) is 4.00. The second-order valence-corrected chi connectivity index (χ2v) is 5.82. The van der Waals surface area contributed by atoms with Crippen molar-refractivity contribution in [1.82, 2.24) is 0 Å². The summed E-state index contributed by atoms with van der Waals surface area (Å²) in [7, 11) is 0. The van der Waals surface area contributed by atoms with Gasteiger partial charge in [0.05, 0.1) is 0 Å². The van der Waals surface area contributed by atoms with E-state index in [0.717, 1.165) is 30.5 Å². The van der Waals surface area contributed by atoms with Crippen molar-refractivity contribution in [3.8, 4) is 5.75 Å². The Morgan fingerprint density at radius 3 is 2.32 bits per heavy atom. The van der Waals surface area contributed by atoms with Crippen LogP contribution in [-0.4, -0.2) is 0 Å². The number of rotatable bonds is 6. The molecule has 0 aliphatic rings. The highest BCUT2D eigenvalue weighted by Crippen LogP contribution is 2.24. The molecule has 4 heteroatoms. The summed E-state index contributed by atoms with van der Waals surface area (Å²) in [5.74, 6) is -1.66. The second-order valence-electron chi connectivity index (χ2n) is 5.82. The molecule has 1 nitrogen and oxygen atoms in total. The first-order valence-corrected chi connectivity index (χ1v) is 7.96. The highest BCUT2D eigenvalue weighted by Gasteiger charge is 2.07. The maximum absolute atomic E-state index is 14.1. The van der Waals surface area contributed by atoms with Crippen molar-refractivity contribution in [3.05, 3.63) is 89.8 Å². The number of hydrogen-bond donors (Lipinski definition) is 0. The molecule has 0 fully saturated rings. The molecular weight excluding hydrogens is 325 g/mol. The molecule has 0 spiro atoms. The molecular formula is C21H17F3O. The van der Waals surface area contributed by atoms with Crippen LogP contribution in [0.4, 0.5) is 13.2 Å². The lowest BCUT2D eigenvalue weighted by molar-refractivity contribution is 0.300. The van der Waals surface area contributed by atoms with Crippen molar-refractivity contribution in [3.63, 3.8) is 0 Å². The van der Waals surface area contributed by atoms with Gasteiger partial charge in [-0.3, -0.25) is 0 Å². The summed E-state index contributed by atoms with van der Waals surface area (Å²) in [5, 5.41) is 1.10. The molecule has 0 unspecified atom stereocenters. The maximum Gasteiger partial charge on any atom is 0.159 e. The fourth-order valence-electron chi connectivity index (χ4n) is 2.60. The zero-order valence-corrected chi connectivity index (χ0v) is 13.6. The normalized spacial score (nSPS) is 10.8. The van der Waals surface area contributed by atoms with E-state index in [1.807, 2.05) is 6.07 Å². The van der Waals surface area contributed by atoms with Gasteiger partial charge in [-0.2, -0.15) is 0 Å². The first-order valence-electron chi connectivity index (χ1n) is 7.96. The molecule has 0 amide bonds. The Kier molecular flexibility index (Phi) is 5.08. The molecule has 0 radical (unpaired) electrons. The van der Waals surface area contributed by atoms with Crippen LogP contribution < -0.4 is 4.74 Å². The Hall–Kier alpha value is -2.75. The third-order valence-electron chi connectivity index (χ3n) is 4.00. The predicted octanol–water partition coefficient (Wildman–Crippen LogP) is 5.95. The van der Waals surface area contributed by atoms with Crippen LogP contribution in [0, 0.1) is 17.5 Å². The summed E-state index contributed by atoms with van der Waals surface area (Å²) >= 11 is 0. The number of hydrogen-bond acceptors (Lipinski definition) is 1. The quantitative estimate of drug-likeness (QED) is 0.503. The largest absolute Gasteiger partial charge is 0.489 e. The molecule has 0 saturated carbocycles. The molecule has 3 rings (SSSR count). The lowest BCUT2D eigenvalue weighted by Crippen LogP contribution is -2.00. The molecule has 0 saturated heterocycles. The van der Waals surface area contributed by atoms with Gasteiger partial charge in [-0.1, -0.05) is 24.3 Å². The minimum atomic E-state index is -0.911. The zero-order chi connectivity index (χ0) is 17.8. The molecule has 3 aromatic carbocycles. The Balaban J connectivity index is 1.74. The first kappa shape index (κ1) is 17.1. The van der Waals surface area contributed by atoms with E-state index < -0.39 is 11.6 Å². The fraction of sp³-hybridized carbons (Fsp3) is 0.143. The summed E-state index contributed by atoms with van der Waals surface area (Å²) in [5.41, 5.74) is 1.34. The van der Waals surface area contributed by atoms with Gasteiger partial charge in [-0.25, -0.2) is 13.2 Å². The highest BCUT2D eigenvalue weighted by molar-refractivity contribution is 5.84. The van der Waals surface area contributed by atoms with Crippen LogP contribution in [-0.2, 0) is 13.0 Å². The van der Waals surface area contributed by atoms with Crippen LogP contribution in [0.15, 0.2) is 61.2 Å². The van der Waals surface area contributed by atoms with E-state index in [0.29, 0.717) is 22.1 Å². The van der Waals surface area contributed by atoms with E-state index in [1.165, 1.54) is 6.07 Å². The number of ether oxygens (including phenoxy) is 1. The van der Waals surface area contributed by atoms with Crippen LogP contribution in [0.3, 0.4) is 0 Å². The molecule has 3 aromatic rings. The van der Waals surface area contributed by atoms with Crippen molar-refractivity contribution in [2.24, 2.45) is 0 Å². The van der Waals surface area contributed by atoms with Gasteiger partial charge in [-0.05, 0) is 59.5 Å². The van der Waals surface area contributed by atoms with E-state index >= 15 is 0 Å². The summed E-state index contributed by atoms with van der Waals surface area (Å²) in [4.78, 5) is 0. The molecule has 128 valence electrons. The number of fused-ring (bicyclic) bond motifs is 1. The highest BCUT2D eigenvalue weighted by atomic mass is 19.2. The number of aryl methyl sites for hydroxylation is 1. The standard InChI is InChI=1S/C21H17F3O/c1-2-3-4-14-5-6-16(19(22)9-14)13-25-18-8-7-15-11-20(23)21(24)12-17(15)10-18/h2,5-12H,1,3-4,13H2. The topological polar surface area (TPSA) is 9.23 Å². The van der Waals surface area contributed by atoms with E-state index in [2.05, 4.69) is 6.58 Å². The Bertz CT molecular complexity index is 918. The summed E-state index contributed by atoms with van der Waals surface area (Å²) in [6.07, 6.45) is 3.33. The van der Waals surface area contributed by atoms with Crippen LogP contribution >= 0.6 is 0 Å². The molecule has 25 heavy (non-hydrogen) atoms. The van der Waals surface area contributed by atoms with Crippen molar-refractivity contribution in [2.75, 3.05) is 0 Å². The summed E-state index contributed by atoms with van der Waals surface area (Å²) < 4.78 is 46.3. The Morgan fingerprint density at radius 2 is 1.60 bits per heavy atom. The smallest absolute Gasteiger partial charge is 0.159 e. The first-order chi connectivity index (χ1) is 12.1. The van der Waals surface area contributed by atoms with E-state index in [-0.39, 0.29) is 12.4 Å². The maximum atomic E-state index is 14.1. The summed E-state index contributed by atoms with van der Waals surface area (Å²) in [6.45, 7) is 3.71. The van der Waals surface area contributed by atoms with Gasteiger partial charge in [0.2, 0.25) is 0 Å². The van der Waals surface area contributed by atoms with Gasteiger partial charge in [0.1, 0.15) is 18.2 Å². The van der Waals surface area contributed by atoms with Crippen molar-refractivity contribution < 1.29 is 17.9 Å². The van der Waals surface area contributed by atoms with Gasteiger partial charge < -0.3 is 4.74 Å². The van der Waals surface area contributed by atoms with Crippen molar-refractivity contribution in [2.45, 2.75) is 19.4 Å². The number of allylic oxidation sites excluding steroid dienone is 1. The molecule has 0 aromatic heterocycles. The van der Waals surface area contributed by atoms with E-state index in [1.54, 1.807) is 30.3 Å². The minimum Gasteiger partial charge on any atom is -0.489 e. The third kappa shape index (κ3) is 4.02. The SMILES string of the molecule is C=CCCc1ccc(COc2ccc3cc(F)c(F)cc3c2)c(F)c1. The fourth-order valence-corrected chi connectivity index (χ4v) is 2.60. The van der Waals surface area contributed by atoms with E-state index in [9.17, 15) is 13.2 Å². The molecule has 0 N–H and O–H groups in total. The van der Waals surface area contributed by atoms with Crippen LogP contribution in [0.1, 0.15) is 17.5 Å². The van der Waals surface area contributed by atoms with Gasteiger partial charge in [0, 0.05) is 5.56 Å². The second kappa shape index (κ2) is 7.43. The van der Waals surface area contributed by atoms with Gasteiger partial charge in [0.15, 0.2) is 11.6 Å². The number of halogens is 3.